The third-order valence-electron chi connectivity index (χ3n) is 2.95. The Kier molecular flexibility index (Phi) is 3.17. The third-order valence-corrected chi connectivity index (χ3v) is 3.19. The van der Waals surface area contributed by atoms with Crippen LogP contribution in [0.2, 0.25) is 5.02 Å². The van der Waals surface area contributed by atoms with E-state index in [4.69, 9.17) is 11.6 Å². The van der Waals surface area contributed by atoms with E-state index in [9.17, 15) is 0 Å². The Hall–Kier alpha value is -0.730. The zero-order valence-corrected chi connectivity index (χ0v) is 10.0. The van der Waals surface area contributed by atoms with Crippen LogP contribution < -0.4 is 5.32 Å². The van der Waals surface area contributed by atoms with E-state index in [0.29, 0.717) is 6.04 Å². The molecule has 1 atom stereocenters. The molecule has 1 fully saturated rings. The molecule has 3 heteroatoms. The molecule has 1 heterocycles. The number of hydrogen-bond donors (Lipinski definition) is 1. The number of aryl methyl sites for hydroxylation is 1. The first-order valence-corrected chi connectivity index (χ1v) is 5.74. The minimum atomic E-state index is 0.562. The van der Waals surface area contributed by atoms with E-state index in [-0.39, 0.29) is 0 Å². The molecule has 1 aliphatic heterocycles. The number of benzene rings is 1. The van der Waals surface area contributed by atoms with Crippen molar-refractivity contribution in [2.75, 3.05) is 25.5 Å². The highest BCUT2D eigenvalue weighted by Gasteiger charge is 2.19. The summed E-state index contributed by atoms with van der Waals surface area (Å²) >= 11 is 5.98. The van der Waals surface area contributed by atoms with E-state index in [2.05, 4.69) is 30.3 Å². The molecule has 1 aromatic rings. The van der Waals surface area contributed by atoms with E-state index in [1.807, 2.05) is 12.1 Å². The SMILES string of the molecule is Cc1ccc(Cl)cc1NC1CCN(C)C1. The van der Waals surface area contributed by atoms with Gasteiger partial charge in [0.15, 0.2) is 0 Å². The van der Waals surface area contributed by atoms with Gasteiger partial charge in [-0.3, -0.25) is 0 Å². The summed E-state index contributed by atoms with van der Waals surface area (Å²) in [6.07, 6.45) is 1.21. The number of hydrogen-bond acceptors (Lipinski definition) is 2. The van der Waals surface area contributed by atoms with E-state index in [0.717, 1.165) is 11.6 Å². The van der Waals surface area contributed by atoms with Crippen LogP contribution in [0.4, 0.5) is 5.69 Å². The van der Waals surface area contributed by atoms with Crippen molar-refractivity contribution < 1.29 is 0 Å². The van der Waals surface area contributed by atoms with Crippen molar-refractivity contribution in [2.45, 2.75) is 19.4 Å². The maximum absolute atomic E-state index is 5.98. The Morgan fingerprint density at radius 3 is 2.93 bits per heavy atom. The van der Waals surface area contributed by atoms with Gasteiger partial charge in [0.1, 0.15) is 0 Å². The lowest BCUT2D eigenvalue weighted by Crippen LogP contribution is -2.23. The minimum Gasteiger partial charge on any atom is -0.381 e. The van der Waals surface area contributed by atoms with Crippen LogP contribution >= 0.6 is 11.6 Å². The third kappa shape index (κ3) is 2.64. The standard InChI is InChI=1S/C12H17ClN2/c1-9-3-4-10(13)7-12(9)14-11-5-6-15(2)8-11/h3-4,7,11,14H,5-6,8H2,1-2H3. The van der Waals surface area contributed by atoms with Crippen molar-refractivity contribution in [1.29, 1.82) is 0 Å². The van der Waals surface area contributed by atoms with Crippen molar-refractivity contribution in [1.82, 2.24) is 4.90 Å². The van der Waals surface area contributed by atoms with Crippen molar-refractivity contribution in [3.8, 4) is 0 Å². The van der Waals surface area contributed by atoms with Gasteiger partial charge in [-0.05, 0) is 44.6 Å². The summed E-state index contributed by atoms with van der Waals surface area (Å²) in [6.45, 7) is 4.40. The van der Waals surface area contributed by atoms with Crippen LogP contribution in [0.1, 0.15) is 12.0 Å². The second-order valence-electron chi connectivity index (χ2n) is 4.35. The minimum absolute atomic E-state index is 0.562. The molecule has 1 aromatic carbocycles. The highest BCUT2D eigenvalue weighted by molar-refractivity contribution is 6.30. The van der Waals surface area contributed by atoms with Crippen LogP contribution in [0.25, 0.3) is 0 Å². The molecule has 1 N–H and O–H groups in total. The van der Waals surface area contributed by atoms with E-state index < -0.39 is 0 Å². The van der Waals surface area contributed by atoms with Crippen LogP contribution in [0.3, 0.4) is 0 Å². The van der Waals surface area contributed by atoms with Crippen molar-refractivity contribution in [3.63, 3.8) is 0 Å². The molecule has 1 aliphatic rings. The lowest BCUT2D eigenvalue weighted by molar-refractivity contribution is 0.414. The summed E-state index contributed by atoms with van der Waals surface area (Å²) in [5.74, 6) is 0. The molecule has 82 valence electrons. The van der Waals surface area contributed by atoms with E-state index >= 15 is 0 Å². The van der Waals surface area contributed by atoms with Crippen LogP contribution in [0.15, 0.2) is 18.2 Å². The maximum Gasteiger partial charge on any atom is 0.0426 e. The van der Waals surface area contributed by atoms with Crippen LogP contribution in [-0.2, 0) is 0 Å². The van der Waals surface area contributed by atoms with Crippen molar-refractivity contribution in [2.24, 2.45) is 0 Å². The van der Waals surface area contributed by atoms with Gasteiger partial charge >= 0.3 is 0 Å². The molecule has 2 rings (SSSR count). The van der Waals surface area contributed by atoms with Gasteiger partial charge in [0.05, 0.1) is 0 Å². The molecule has 0 bridgehead atoms. The van der Waals surface area contributed by atoms with Crippen molar-refractivity contribution in [3.05, 3.63) is 28.8 Å². The van der Waals surface area contributed by atoms with Gasteiger partial charge in [-0.15, -0.1) is 0 Å². The Balaban J connectivity index is 2.07. The monoisotopic (exact) mass is 224 g/mol. The average molecular weight is 225 g/mol. The normalized spacial score (nSPS) is 21.9. The summed E-state index contributed by atoms with van der Waals surface area (Å²) in [6, 6.07) is 6.56. The number of likely N-dealkylation sites (tertiary alicyclic amines) is 1. The van der Waals surface area contributed by atoms with Gasteiger partial charge in [-0.25, -0.2) is 0 Å². The quantitative estimate of drug-likeness (QED) is 0.831. The van der Waals surface area contributed by atoms with Gasteiger partial charge in [0.2, 0.25) is 0 Å². The zero-order chi connectivity index (χ0) is 10.8. The van der Waals surface area contributed by atoms with E-state index in [1.165, 1.54) is 24.2 Å². The Morgan fingerprint density at radius 1 is 1.47 bits per heavy atom. The molecule has 0 aliphatic carbocycles. The number of rotatable bonds is 2. The zero-order valence-electron chi connectivity index (χ0n) is 9.26. The number of likely N-dealkylation sites (N-methyl/N-ethyl adjacent to an activating group) is 1. The fourth-order valence-corrected chi connectivity index (χ4v) is 2.19. The van der Waals surface area contributed by atoms with Gasteiger partial charge in [0, 0.05) is 23.3 Å². The fourth-order valence-electron chi connectivity index (χ4n) is 2.02. The predicted molar refractivity (Wildman–Crippen MR) is 65.7 cm³/mol. The average Bonchev–Trinajstić information content (AvgIpc) is 2.58. The first-order chi connectivity index (χ1) is 7.15. The lowest BCUT2D eigenvalue weighted by atomic mass is 10.1. The van der Waals surface area contributed by atoms with Gasteiger partial charge in [-0.2, -0.15) is 0 Å². The summed E-state index contributed by atoms with van der Waals surface area (Å²) in [5.41, 5.74) is 2.43. The molecule has 1 saturated heterocycles. The first kappa shape index (κ1) is 10.8. The number of nitrogens with zero attached hydrogens (tertiary/aromatic N) is 1. The summed E-state index contributed by atoms with van der Waals surface area (Å²) in [4.78, 5) is 2.34. The second kappa shape index (κ2) is 4.42. The summed E-state index contributed by atoms with van der Waals surface area (Å²) in [5, 5.41) is 4.35. The first-order valence-electron chi connectivity index (χ1n) is 5.36. The summed E-state index contributed by atoms with van der Waals surface area (Å²) in [7, 11) is 2.16. The molecular weight excluding hydrogens is 208 g/mol. The maximum atomic E-state index is 5.98. The smallest absolute Gasteiger partial charge is 0.0426 e. The molecule has 0 aromatic heterocycles. The lowest BCUT2D eigenvalue weighted by Gasteiger charge is -2.16. The molecule has 2 nitrogen and oxygen atoms in total. The van der Waals surface area contributed by atoms with Crippen molar-refractivity contribution >= 4 is 17.3 Å². The number of nitrogens with one attached hydrogen (secondary N) is 1. The molecule has 0 amide bonds. The highest BCUT2D eigenvalue weighted by atomic mass is 35.5. The Bertz CT molecular complexity index is 351. The van der Waals surface area contributed by atoms with Crippen LogP contribution in [-0.4, -0.2) is 31.1 Å². The topological polar surface area (TPSA) is 15.3 Å². The number of anilines is 1. The summed E-state index contributed by atoms with van der Waals surface area (Å²) < 4.78 is 0. The molecule has 0 spiro atoms. The Labute approximate surface area is 96.2 Å². The van der Waals surface area contributed by atoms with E-state index in [1.54, 1.807) is 0 Å². The van der Waals surface area contributed by atoms with Gasteiger partial charge in [0.25, 0.3) is 0 Å². The molecule has 15 heavy (non-hydrogen) atoms. The molecule has 0 saturated carbocycles. The molecular formula is C12H17ClN2. The van der Waals surface area contributed by atoms with Gasteiger partial charge in [-0.1, -0.05) is 17.7 Å². The largest absolute Gasteiger partial charge is 0.381 e. The van der Waals surface area contributed by atoms with Crippen LogP contribution in [0, 0.1) is 6.92 Å². The Morgan fingerprint density at radius 2 is 2.27 bits per heavy atom. The predicted octanol–water partition coefficient (Wildman–Crippen LogP) is 2.76. The van der Waals surface area contributed by atoms with Crippen LogP contribution in [0.5, 0.6) is 0 Å². The fraction of sp³-hybridized carbons (Fsp3) is 0.500. The molecule has 0 radical (unpaired) electrons. The van der Waals surface area contributed by atoms with Gasteiger partial charge < -0.3 is 10.2 Å². The molecule has 1 unspecified atom stereocenters. The number of halogens is 1. The second-order valence-corrected chi connectivity index (χ2v) is 4.79. The highest BCUT2D eigenvalue weighted by Crippen LogP contribution is 2.22.